The van der Waals surface area contributed by atoms with Crippen LogP contribution in [-0.4, -0.2) is 20.9 Å². The molecule has 1 heterocycles. The number of carbonyl (C=O) groups is 1. The Bertz CT molecular complexity index is 602. The van der Waals surface area contributed by atoms with Gasteiger partial charge in [-0.05, 0) is 31.2 Å². The van der Waals surface area contributed by atoms with E-state index in [1.54, 1.807) is 12.3 Å². The number of sulfonamides is 1. The zero-order valence-electron chi connectivity index (χ0n) is 12.2. The lowest BCUT2D eigenvalue weighted by atomic mass is 10.0. The van der Waals surface area contributed by atoms with Gasteiger partial charge in [-0.2, -0.15) is 0 Å². The minimum atomic E-state index is -3.74. The largest absolute Gasteiger partial charge is 0.352 e. The Hall–Kier alpha value is -0.920. The van der Waals surface area contributed by atoms with E-state index in [1.165, 1.54) is 25.7 Å². The molecule has 1 saturated carbocycles. The Morgan fingerprint density at radius 1 is 1.43 bits per heavy atom. The number of nitrogens with two attached hydrogens (primary N) is 1. The van der Waals surface area contributed by atoms with Crippen LogP contribution < -0.4 is 10.5 Å². The van der Waals surface area contributed by atoms with E-state index in [1.807, 2.05) is 0 Å². The predicted molar refractivity (Wildman–Crippen MR) is 84.0 cm³/mol. The molecule has 1 amide bonds. The van der Waals surface area contributed by atoms with Crippen LogP contribution in [0.25, 0.3) is 0 Å². The molecule has 7 heteroatoms. The molecule has 1 aliphatic rings. The SMILES string of the molecule is Cc1c(C(=O)NCCCC2CCCC2)csc1S(N)(=O)=O. The lowest BCUT2D eigenvalue weighted by Crippen LogP contribution is -2.25. The maximum absolute atomic E-state index is 12.1. The Morgan fingerprint density at radius 2 is 2.10 bits per heavy atom. The molecule has 0 radical (unpaired) electrons. The maximum Gasteiger partial charge on any atom is 0.252 e. The van der Waals surface area contributed by atoms with Crippen LogP contribution in [0.15, 0.2) is 9.59 Å². The van der Waals surface area contributed by atoms with Crippen LogP contribution in [0.1, 0.15) is 54.4 Å². The van der Waals surface area contributed by atoms with E-state index in [2.05, 4.69) is 5.32 Å². The molecule has 21 heavy (non-hydrogen) atoms. The average Bonchev–Trinajstić information content (AvgIpc) is 3.02. The first kappa shape index (κ1) is 16.5. The molecule has 0 aromatic carbocycles. The Kier molecular flexibility index (Phi) is 5.40. The average molecular weight is 330 g/mol. The van der Waals surface area contributed by atoms with Gasteiger partial charge in [0.15, 0.2) is 0 Å². The zero-order chi connectivity index (χ0) is 15.5. The third-order valence-electron chi connectivity index (χ3n) is 4.05. The lowest BCUT2D eigenvalue weighted by Gasteiger charge is -2.09. The highest BCUT2D eigenvalue weighted by molar-refractivity contribution is 7.91. The molecule has 0 bridgehead atoms. The van der Waals surface area contributed by atoms with Crippen molar-refractivity contribution in [2.75, 3.05) is 6.54 Å². The molecular weight excluding hydrogens is 308 g/mol. The van der Waals surface area contributed by atoms with Gasteiger partial charge in [-0.25, -0.2) is 13.6 Å². The van der Waals surface area contributed by atoms with E-state index >= 15 is 0 Å². The fourth-order valence-electron chi connectivity index (χ4n) is 2.89. The molecule has 1 aliphatic carbocycles. The summed E-state index contributed by atoms with van der Waals surface area (Å²) in [4.78, 5) is 12.1. The molecule has 0 spiro atoms. The number of hydrogen-bond donors (Lipinski definition) is 2. The van der Waals surface area contributed by atoms with Crippen LogP contribution >= 0.6 is 11.3 Å². The molecular formula is C14H22N2O3S2. The van der Waals surface area contributed by atoms with Gasteiger partial charge in [0.2, 0.25) is 10.0 Å². The van der Waals surface area contributed by atoms with Crippen molar-refractivity contribution >= 4 is 27.3 Å². The Morgan fingerprint density at radius 3 is 2.67 bits per heavy atom. The number of rotatable bonds is 6. The van der Waals surface area contributed by atoms with Crippen LogP contribution in [0.5, 0.6) is 0 Å². The highest BCUT2D eigenvalue weighted by atomic mass is 32.2. The van der Waals surface area contributed by atoms with Crippen molar-refractivity contribution in [3.8, 4) is 0 Å². The summed E-state index contributed by atoms with van der Waals surface area (Å²) in [5.74, 6) is 0.601. The first-order chi connectivity index (χ1) is 9.89. The predicted octanol–water partition coefficient (Wildman–Crippen LogP) is 2.40. The number of hydrogen-bond acceptors (Lipinski definition) is 4. The topological polar surface area (TPSA) is 89.3 Å². The van der Waals surface area contributed by atoms with Crippen molar-refractivity contribution in [3.63, 3.8) is 0 Å². The minimum Gasteiger partial charge on any atom is -0.352 e. The fourth-order valence-corrected chi connectivity index (χ4v) is 4.90. The van der Waals surface area contributed by atoms with Crippen LogP contribution in [0, 0.1) is 12.8 Å². The number of primary sulfonamides is 1. The summed E-state index contributed by atoms with van der Waals surface area (Å²) in [7, 11) is -3.74. The first-order valence-corrected chi connectivity index (χ1v) is 9.71. The van der Waals surface area contributed by atoms with Gasteiger partial charge >= 0.3 is 0 Å². The molecule has 1 aromatic rings. The molecule has 2 rings (SSSR count). The van der Waals surface area contributed by atoms with Crippen LogP contribution in [0.2, 0.25) is 0 Å². The van der Waals surface area contributed by atoms with Crippen LogP contribution in [-0.2, 0) is 10.0 Å². The van der Waals surface area contributed by atoms with E-state index < -0.39 is 10.0 Å². The summed E-state index contributed by atoms with van der Waals surface area (Å²) in [5, 5.41) is 9.53. The van der Waals surface area contributed by atoms with E-state index in [0.717, 1.165) is 30.1 Å². The summed E-state index contributed by atoms with van der Waals surface area (Å²) in [6.07, 6.45) is 7.43. The monoisotopic (exact) mass is 330 g/mol. The van der Waals surface area contributed by atoms with Gasteiger partial charge in [-0.1, -0.05) is 25.7 Å². The molecule has 5 nitrogen and oxygen atoms in total. The van der Waals surface area contributed by atoms with Gasteiger partial charge < -0.3 is 5.32 Å². The molecule has 0 unspecified atom stereocenters. The van der Waals surface area contributed by atoms with Gasteiger partial charge in [-0.15, -0.1) is 11.3 Å². The fraction of sp³-hybridized carbons (Fsp3) is 0.643. The van der Waals surface area contributed by atoms with Gasteiger partial charge in [-0.3, -0.25) is 4.79 Å². The summed E-state index contributed by atoms with van der Waals surface area (Å²) >= 11 is 0.997. The van der Waals surface area contributed by atoms with Crippen molar-refractivity contribution in [2.24, 2.45) is 11.1 Å². The second kappa shape index (κ2) is 6.89. The highest BCUT2D eigenvalue weighted by Gasteiger charge is 2.20. The summed E-state index contributed by atoms with van der Waals surface area (Å²) in [6.45, 7) is 2.25. The van der Waals surface area contributed by atoms with E-state index in [4.69, 9.17) is 5.14 Å². The summed E-state index contributed by atoms with van der Waals surface area (Å²) in [6, 6.07) is 0. The van der Waals surface area contributed by atoms with Crippen molar-refractivity contribution < 1.29 is 13.2 Å². The Labute approximate surface area is 130 Å². The van der Waals surface area contributed by atoms with Gasteiger partial charge in [0.1, 0.15) is 4.21 Å². The zero-order valence-corrected chi connectivity index (χ0v) is 13.9. The highest BCUT2D eigenvalue weighted by Crippen LogP contribution is 2.28. The second-order valence-corrected chi connectivity index (χ2v) is 8.29. The van der Waals surface area contributed by atoms with E-state index in [9.17, 15) is 13.2 Å². The quantitative estimate of drug-likeness (QED) is 0.785. The molecule has 118 valence electrons. The molecule has 0 aliphatic heterocycles. The summed E-state index contributed by atoms with van der Waals surface area (Å²) < 4.78 is 22.8. The number of amides is 1. The minimum absolute atomic E-state index is 0.0682. The lowest BCUT2D eigenvalue weighted by molar-refractivity contribution is 0.0952. The van der Waals surface area contributed by atoms with Crippen molar-refractivity contribution in [3.05, 3.63) is 16.5 Å². The molecule has 1 aromatic heterocycles. The molecule has 0 saturated heterocycles. The van der Waals surface area contributed by atoms with Crippen molar-refractivity contribution in [1.29, 1.82) is 0 Å². The summed E-state index contributed by atoms with van der Waals surface area (Å²) in [5.41, 5.74) is 0.848. The maximum atomic E-state index is 12.1. The van der Waals surface area contributed by atoms with Gasteiger partial charge in [0.25, 0.3) is 5.91 Å². The number of carbonyl (C=O) groups excluding carboxylic acids is 1. The normalized spacial score (nSPS) is 16.3. The number of nitrogens with one attached hydrogen (secondary N) is 1. The Balaban J connectivity index is 1.84. The second-order valence-electron chi connectivity index (χ2n) is 5.66. The number of thiophene rings is 1. The smallest absolute Gasteiger partial charge is 0.252 e. The third-order valence-corrected chi connectivity index (χ3v) is 6.73. The van der Waals surface area contributed by atoms with Crippen LogP contribution in [0.3, 0.4) is 0 Å². The third kappa shape index (κ3) is 4.28. The van der Waals surface area contributed by atoms with Crippen molar-refractivity contribution in [1.82, 2.24) is 5.32 Å². The van der Waals surface area contributed by atoms with E-state index in [-0.39, 0.29) is 10.1 Å². The standard InChI is InChI=1S/C14H22N2O3S2/c1-10-12(9-20-14(10)21(15,18)19)13(17)16-8-4-7-11-5-2-3-6-11/h9,11H,2-8H2,1H3,(H,16,17)(H2,15,18,19). The molecule has 3 N–H and O–H groups in total. The van der Waals surface area contributed by atoms with Gasteiger partial charge in [0.05, 0.1) is 5.56 Å². The van der Waals surface area contributed by atoms with Crippen LogP contribution in [0.4, 0.5) is 0 Å². The van der Waals surface area contributed by atoms with Crippen molar-refractivity contribution in [2.45, 2.75) is 49.7 Å². The van der Waals surface area contributed by atoms with E-state index in [0.29, 0.717) is 17.7 Å². The first-order valence-electron chi connectivity index (χ1n) is 7.28. The molecule has 0 atom stereocenters. The molecule has 1 fully saturated rings. The van der Waals surface area contributed by atoms with Gasteiger partial charge in [0, 0.05) is 11.9 Å².